The first kappa shape index (κ1) is 28.0. The van der Waals surface area contributed by atoms with Gasteiger partial charge in [0.1, 0.15) is 17.6 Å². The molecule has 2 unspecified atom stereocenters. The van der Waals surface area contributed by atoms with Gasteiger partial charge in [0.2, 0.25) is 5.91 Å². The number of hydrogen-bond acceptors (Lipinski definition) is 6. The minimum Gasteiger partial charge on any atom is -0.465 e. The third kappa shape index (κ3) is 4.47. The lowest BCUT2D eigenvalue weighted by molar-refractivity contribution is -0.159. The van der Waals surface area contributed by atoms with Crippen molar-refractivity contribution in [2.45, 2.75) is 70.1 Å². The van der Waals surface area contributed by atoms with Crippen molar-refractivity contribution in [3.63, 3.8) is 0 Å². The average molecular weight is 525 g/mol. The van der Waals surface area contributed by atoms with Gasteiger partial charge in [-0.15, -0.1) is 13.2 Å². The van der Waals surface area contributed by atoms with E-state index in [1.165, 1.54) is 4.90 Å². The highest BCUT2D eigenvalue weighted by atomic mass is 16.6. The maximum Gasteiger partial charge on any atom is 0.312 e. The number of para-hydroxylation sites is 1. The van der Waals surface area contributed by atoms with Crippen molar-refractivity contribution in [2.75, 3.05) is 31.2 Å². The fourth-order valence-corrected chi connectivity index (χ4v) is 6.86. The van der Waals surface area contributed by atoms with E-state index in [0.717, 1.165) is 29.7 Å². The van der Waals surface area contributed by atoms with E-state index in [1.54, 1.807) is 11.0 Å². The standard InChI is InChI=1S/C30H40N2O6/c1-6-8-9-10-19-37-28(36)23-22-26(34)32(17-18-33)25(30(22)15-14-29(23,5)38-30)27(35)31(16-7-2)24-20(3)12-11-13-21(24)4/h6-7,11-13,22-23,25,33H,1-2,8-10,14-19H2,3-5H3/t22-,23-,25?,29+,30?/m0/s1. The van der Waals surface area contributed by atoms with Gasteiger partial charge in [-0.2, -0.15) is 0 Å². The fraction of sp³-hybridized carbons (Fsp3) is 0.567. The Bertz CT molecular complexity index is 1100. The number of unbranched alkanes of at least 4 members (excludes halogenated alkanes) is 2. The molecule has 3 saturated heterocycles. The number of amides is 2. The van der Waals surface area contributed by atoms with Crippen molar-refractivity contribution < 1.29 is 29.0 Å². The molecule has 2 amide bonds. The van der Waals surface area contributed by atoms with Crippen LogP contribution in [0.4, 0.5) is 5.69 Å². The Balaban J connectivity index is 1.71. The van der Waals surface area contributed by atoms with E-state index in [9.17, 15) is 19.5 Å². The summed E-state index contributed by atoms with van der Waals surface area (Å²) in [5.74, 6) is -2.74. The summed E-state index contributed by atoms with van der Waals surface area (Å²) in [4.78, 5) is 44.8. The van der Waals surface area contributed by atoms with E-state index in [1.807, 2.05) is 45.0 Å². The number of likely N-dealkylation sites (tertiary alicyclic amines) is 1. The van der Waals surface area contributed by atoms with Crippen LogP contribution in [0.2, 0.25) is 0 Å². The number of β-amino-alcohol motifs (C(OH)–C–C–N with tert-alkyl or cyclic N) is 1. The molecule has 38 heavy (non-hydrogen) atoms. The van der Waals surface area contributed by atoms with Crippen molar-refractivity contribution in [3.05, 3.63) is 54.6 Å². The number of aliphatic hydroxyl groups is 1. The number of nitrogens with zero attached hydrogens (tertiary/aromatic N) is 2. The van der Waals surface area contributed by atoms with Crippen LogP contribution in [-0.2, 0) is 23.9 Å². The van der Waals surface area contributed by atoms with Crippen LogP contribution in [0.5, 0.6) is 0 Å². The van der Waals surface area contributed by atoms with Gasteiger partial charge in [-0.05, 0) is 64.0 Å². The highest BCUT2D eigenvalue weighted by molar-refractivity contribution is 6.05. The maximum atomic E-state index is 14.4. The summed E-state index contributed by atoms with van der Waals surface area (Å²) >= 11 is 0. The molecule has 0 radical (unpaired) electrons. The number of benzene rings is 1. The summed E-state index contributed by atoms with van der Waals surface area (Å²) < 4.78 is 12.3. The van der Waals surface area contributed by atoms with Gasteiger partial charge >= 0.3 is 5.97 Å². The van der Waals surface area contributed by atoms with Crippen molar-refractivity contribution in [1.29, 1.82) is 0 Å². The molecule has 5 atom stereocenters. The molecule has 3 fully saturated rings. The first-order chi connectivity index (χ1) is 18.2. The number of esters is 1. The summed E-state index contributed by atoms with van der Waals surface area (Å²) in [6, 6.07) is 4.85. The molecule has 4 rings (SSSR count). The van der Waals surface area contributed by atoms with E-state index in [2.05, 4.69) is 13.2 Å². The molecule has 8 nitrogen and oxygen atoms in total. The summed E-state index contributed by atoms with van der Waals surface area (Å²) in [6.07, 6.45) is 6.90. The number of carbonyl (C=O) groups is 3. The lowest BCUT2D eigenvalue weighted by atomic mass is 9.66. The zero-order chi connectivity index (χ0) is 27.7. The highest BCUT2D eigenvalue weighted by Gasteiger charge is 2.78. The van der Waals surface area contributed by atoms with Crippen LogP contribution in [0.15, 0.2) is 43.5 Å². The normalized spacial score (nSPS) is 29.3. The van der Waals surface area contributed by atoms with Crippen LogP contribution in [0, 0.1) is 25.7 Å². The van der Waals surface area contributed by atoms with Gasteiger partial charge in [-0.1, -0.05) is 30.4 Å². The van der Waals surface area contributed by atoms with Crippen LogP contribution in [0.1, 0.15) is 50.2 Å². The fourth-order valence-electron chi connectivity index (χ4n) is 6.86. The zero-order valence-electron chi connectivity index (χ0n) is 22.8. The maximum absolute atomic E-state index is 14.4. The Morgan fingerprint density at radius 2 is 1.92 bits per heavy atom. The van der Waals surface area contributed by atoms with E-state index >= 15 is 0 Å². The quantitative estimate of drug-likeness (QED) is 0.256. The number of ether oxygens (including phenoxy) is 2. The Morgan fingerprint density at radius 1 is 1.21 bits per heavy atom. The third-order valence-corrected chi connectivity index (χ3v) is 8.44. The molecule has 206 valence electrons. The molecular formula is C30H40N2O6. The van der Waals surface area contributed by atoms with Gasteiger partial charge in [0.15, 0.2) is 0 Å². The first-order valence-corrected chi connectivity index (χ1v) is 13.5. The Kier molecular flexibility index (Phi) is 8.14. The van der Waals surface area contributed by atoms with Gasteiger partial charge in [0.05, 0.1) is 24.7 Å². The minimum atomic E-state index is -1.17. The smallest absolute Gasteiger partial charge is 0.312 e. The van der Waals surface area contributed by atoms with Gasteiger partial charge in [0, 0.05) is 18.8 Å². The second-order valence-corrected chi connectivity index (χ2v) is 10.9. The largest absolute Gasteiger partial charge is 0.465 e. The van der Waals surface area contributed by atoms with Crippen LogP contribution in [0.3, 0.4) is 0 Å². The molecule has 1 aromatic rings. The van der Waals surface area contributed by atoms with Gasteiger partial charge in [-0.3, -0.25) is 14.4 Å². The summed E-state index contributed by atoms with van der Waals surface area (Å²) in [7, 11) is 0. The molecule has 0 aromatic heterocycles. The lowest BCUT2D eigenvalue weighted by Crippen LogP contribution is -2.57. The Labute approximate surface area is 225 Å². The molecule has 1 spiro atoms. The van der Waals surface area contributed by atoms with E-state index in [4.69, 9.17) is 9.47 Å². The molecule has 2 bridgehead atoms. The van der Waals surface area contributed by atoms with Crippen LogP contribution in [-0.4, -0.2) is 71.3 Å². The first-order valence-electron chi connectivity index (χ1n) is 13.5. The highest BCUT2D eigenvalue weighted by Crippen LogP contribution is 2.63. The van der Waals surface area contributed by atoms with Crippen LogP contribution in [0.25, 0.3) is 0 Å². The number of hydrogen-bond donors (Lipinski definition) is 1. The second-order valence-electron chi connectivity index (χ2n) is 10.9. The van der Waals surface area contributed by atoms with Gasteiger partial charge < -0.3 is 24.4 Å². The predicted octanol–water partition coefficient (Wildman–Crippen LogP) is 3.48. The molecule has 3 heterocycles. The molecule has 1 N–H and O–H groups in total. The van der Waals surface area contributed by atoms with Crippen LogP contribution < -0.4 is 4.90 Å². The van der Waals surface area contributed by atoms with E-state index in [-0.39, 0.29) is 38.1 Å². The lowest BCUT2D eigenvalue weighted by Gasteiger charge is -2.37. The Morgan fingerprint density at radius 3 is 2.55 bits per heavy atom. The molecule has 3 aliphatic rings. The monoisotopic (exact) mass is 524 g/mol. The molecule has 8 heteroatoms. The predicted molar refractivity (Wildman–Crippen MR) is 144 cm³/mol. The number of anilines is 1. The third-order valence-electron chi connectivity index (χ3n) is 8.44. The molecule has 1 aromatic carbocycles. The number of aliphatic hydroxyl groups excluding tert-OH is 1. The minimum absolute atomic E-state index is 0.0223. The zero-order valence-corrected chi connectivity index (χ0v) is 22.8. The topological polar surface area (TPSA) is 96.4 Å². The number of allylic oxidation sites excluding steroid dienone is 1. The molecule has 0 aliphatic carbocycles. The Hall–Kier alpha value is -2.97. The SMILES string of the molecule is C=CCCCCOC(=O)[C@@H]1[C@H]2C(=O)N(CCO)C(C(=O)N(CC=C)c3c(C)cccc3C)C23CC[C@@]1(C)O3. The van der Waals surface area contributed by atoms with Crippen molar-refractivity contribution in [3.8, 4) is 0 Å². The van der Waals surface area contributed by atoms with Gasteiger partial charge in [-0.25, -0.2) is 0 Å². The van der Waals surface area contributed by atoms with Crippen molar-refractivity contribution in [1.82, 2.24) is 4.90 Å². The average Bonchev–Trinajstić information content (AvgIpc) is 3.44. The molecular weight excluding hydrogens is 484 g/mol. The molecule has 3 aliphatic heterocycles. The number of aryl methyl sites for hydroxylation is 2. The van der Waals surface area contributed by atoms with E-state index < -0.39 is 35.0 Å². The van der Waals surface area contributed by atoms with Crippen molar-refractivity contribution >= 4 is 23.5 Å². The number of carbonyl (C=O) groups excluding carboxylic acids is 3. The van der Waals surface area contributed by atoms with Crippen molar-refractivity contribution in [2.24, 2.45) is 11.8 Å². The summed E-state index contributed by atoms with van der Waals surface area (Å²) in [6.45, 7) is 13.5. The number of fused-ring (bicyclic) bond motifs is 1. The second kappa shape index (κ2) is 11.0. The van der Waals surface area contributed by atoms with Gasteiger partial charge in [0.25, 0.3) is 5.91 Å². The molecule has 0 saturated carbocycles. The van der Waals surface area contributed by atoms with Crippen LogP contribution >= 0.6 is 0 Å². The summed E-state index contributed by atoms with van der Waals surface area (Å²) in [5.41, 5.74) is 0.552. The summed E-state index contributed by atoms with van der Waals surface area (Å²) in [5, 5.41) is 9.86. The number of rotatable bonds is 12. The van der Waals surface area contributed by atoms with E-state index in [0.29, 0.717) is 19.3 Å².